The number of rotatable bonds is 4. The number of alkyl halides is 2. The highest BCUT2D eigenvalue weighted by Crippen LogP contribution is 2.38. The van der Waals surface area contributed by atoms with Crippen LogP contribution in [0.2, 0.25) is 0 Å². The summed E-state index contributed by atoms with van der Waals surface area (Å²) in [7, 11) is 0. The first-order valence-electron chi connectivity index (χ1n) is 4.90. The van der Waals surface area contributed by atoms with Gasteiger partial charge in [0.2, 0.25) is 0 Å². The van der Waals surface area contributed by atoms with Gasteiger partial charge in [0.05, 0.1) is 0 Å². The van der Waals surface area contributed by atoms with Crippen LogP contribution in [0.1, 0.15) is 32.6 Å². The molecule has 0 amide bonds. The summed E-state index contributed by atoms with van der Waals surface area (Å²) in [4.78, 5) is 0. The summed E-state index contributed by atoms with van der Waals surface area (Å²) in [6.07, 6.45) is 12.7. The van der Waals surface area contributed by atoms with Crippen molar-refractivity contribution >= 4 is 23.2 Å². The Balaban J connectivity index is 2.40. The third-order valence-electron chi connectivity index (χ3n) is 2.39. The molecule has 0 spiro atoms. The van der Waals surface area contributed by atoms with Crippen LogP contribution in [0.4, 0.5) is 0 Å². The third kappa shape index (κ3) is 3.36. The zero-order chi connectivity index (χ0) is 9.73. The average molecular weight is 219 g/mol. The minimum atomic E-state index is -0.678. The lowest BCUT2D eigenvalue weighted by Gasteiger charge is -2.26. The van der Waals surface area contributed by atoms with E-state index in [4.69, 9.17) is 23.2 Å². The normalized spacial score (nSPS) is 25.0. The Morgan fingerprint density at radius 2 is 2.00 bits per heavy atom. The van der Waals surface area contributed by atoms with Gasteiger partial charge in [-0.25, -0.2) is 0 Å². The van der Waals surface area contributed by atoms with Crippen LogP contribution < -0.4 is 0 Å². The topological polar surface area (TPSA) is 0 Å². The standard InChI is InChI=1S/C11H16Cl2/c1-2-3-4-7-10-8-5-6-9-11(10,12)13/h5-6,8-10H,2-4,7H2,1H3. The van der Waals surface area contributed by atoms with Gasteiger partial charge in [0.25, 0.3) is 0 Å². The zero-order valence-electron chi connectivity index (χ0n) is 7.97. The van der Waals surface area contributed by atoms with Crippen LogP contribution in [-0.4, -0.2) is 4.33 Å². The van der Waals surface area contributed by atoms with Gasteiger partial charge in [-0.3, -0.25) is 0 Å². The first-order chi connectivity index (χ1) is 6.17. The second-order valence-corrected chi connectivity index (χ2v) is 4.97. The Kier molecular flexibility index (Phi) is 4.34. The van der Waals surface area contributed by atoms with Crippen LogP contribution in [0, 0.1) is 5.92 Å². The monoisotopic (exact) mass is 218 g/mol. The fourth-order valence-electron chi connectivity index (χ4n) is 1.54. The van der Waals surface area contributed by atoms with Gasteiger partial charge in [0, 0.05) is 5.92 Å². The molecule has 0 saturated heterocycles. The first-order valence-corrected chi connectivity index (χ1v) is 5.66. The van der Waals surface area contributed by atoms with Crippen molar-refractivity contribution in [3.05, 3.63) is 24.3 Å². The van der Waals surface area contributed by atoms with Crippen LogP contribution in [0.25, 0.3) is 0 Å². The van der Waals surface area contributed by atoms with Crippen LogP contribution in [0.5, 0.6) is 0 Å². The summed E-state index contributed by atoms with van der Waals surface area (Å²) in [6.45, 7) is 2.20. The molecule has 0 nitrogen and oxygen atoms in total. The van der Waals surface area contributed by atoms with Crippen LogP contribution >= 0.6 is 23.2 Å². The lowest BCUT2D eigenvalue weighted by molar-refractivity contribution is 0.524. The van der Waals surface area contributed by atoms with Crippen LogP contribution in [0.3, 0.4) is 0 Å². The second-order valence-electron chi connectivity index (χ2n) is 3.52. The van der Waals surface area contributed by atoms with Crippen molar-refractivity contribution in [1.82, 2.24) is 0 Å². The highest BCUT2D eigenvalue weighted by molar-refractivity contribution is 6.50. The number of hydrogen-bond acceptors (Lipinski definition) is 0. The van der Waals surface area contributed by atoms with Gasteiger partial charge in [-0.1, -0.05) is 67.6 Å². The van der Waals surface area contributed by atoms with E-state index in [1.807, 2.05) is 18.2 Å². The van der Waals surface area contributed by atoms with Gasteiger partial charge in [-0.15, -0.1) is 0 Å². The van der Waals surface area contributed by atoms with Gasteiger partial charge in [-0.2, -0.15) is 0 Å². The predicted molar refractivity (Wildman–Crippen MR) is 60.3 cm³/mol. The average Bonchev–Trinajstić information content (AvgIpc) is 2.08. The van der Waals surface area contributed by atoms with Crippen LogP contribution in [-0.2, 0) is 0 Å². The highest BCUT2D eigenvalue weighted by Gasteiger charge is 2.30. The lowest BCUT2D eigenvalue weighted by atomic mass is 9.93. The molecular formula is C11H16Cl2. The van der Waals surface area contributed by atoms with Crippen molar-refractivity contribution in [1.29, 1.82) is 0 Å². The molecule has 0 aromatic heterocycles. The second kappa shape index (κ2) is 5.07. The molecule has 1 rings (SSSR count). The summed E-state index contributed by atoms with van der Waals surface area (Å²) in [5.41, 5.74) is 0. The molecule has 1 aliphatic carbocycles. The van der Waals surface area contributed by atoms with Gasteiger partial charge >= 0.3 is 0 Å². The fourth-order valence-corrected chi connectivity index (χ4v) is 2.05. The summed E-state index contributed by atoms with van der Waals surface area (Å²) in [5, 5.41) is 0. The number of allylic oxidation sites excluding steroid dienone is 4. The lowest BCUT2D eigenvalue weighted by Crippen LogP contribution is -2.23. The van der Waals surface area contributed by atoms with E-state index in [-0.39, 0.29) is 5.92 Å². The Morgan fingerprint density at radius 3 is 2.62 bits per heavy atom. The van der Waals surface area contributed by atoms with Crippen molar-refractivity contribution < 1.29 is 0 Å². The molecule has 0 aliphatic heterocycles. The van der Waals surface area contributed by atoms with Gasteiger partial charge in [0.15, 0.2) is 0 Å². The maximum Gasteiger partial charge on any atom is 0.142 e. The Morgan fingerprint density at radius 1 is 1.23 bits per heavy atom. The molecule has 0 saturated carbocycles. The SMILES string of the molecule is CCCCCC1C=CC=CC1(Cl)Cl. The van der Waals surface area contributed by atoms with E-state index in [0.717, 1.165) is 6.42 Å². The molecule has 0 aromatic carbocycles. The van der Waals surface area contributed by atoms with E-state index in [0.29, 0.717) is 0 Å². The van der Waals surface area contributed by atoms with Crippen molar-refractivity contribution in [3.8, 4) is 0 Å². The quantitative estimate of drug-likeness (QED) is 0.483. The molecule has 0 aromatic rings. The van der Waals surface area contributed by atoms with Gasteiger partial charge in [0.1, 0.15) is 4.33 Å². The molecule has 0 heterocycles. The first kappa shape index (κ1) is 11.1. The minimum absolute atomic E-state index is 0.285. The van der Waals surface area contributed by atoms with E-state index in [1.54, 1.807) is 0 Å². The number of unbranched alkanes of at least 4 members (excludes halogenated alkanes) is 2. The molecule has 2 heteroatoms. The molecule has 1 unspecified atom stereocenters. The molecule has 0 N–H and O–H groups in total. The van der Waals surface area contributed by atoms with Gasteiger partial charge < -0.3 is 0 Å². The van der Waals surface area contributed by atoms with Crippen molar-refractivity contribution in [2.24, 2.45) is 5.92 Å². The largest absolute Gasteiger partial charge is 0.142 e. The number of hydrogen-bond donors (Lipinski definition) is 0. The van der Waals surface area contributed by atoms with Crippen molar-refractivity contribution in [2.45, 2.75) is 36.9 Å². The predicted octanol–water partition coefficient (Wildman–Crippen LogP) is 4.48. The van der Waals surface area contributed by atoms with E-state index in [1.165, 1.54) is 19.3 Å². The summed E-state index contributed by atoms with van der Waals surface area (Å²) in [6, 6.07) is 0. The maximum atomic E-state index is 6.14. The van der Waals surface area contributed by atoms with Crippen molar-refractivity contribution in [2.75, 3.05) is 0 Å². The van der Waals surface area contributed by atoms with E-state index >= 15 is 0 Å². The number of halogens is 2. The van der Waals surface area contributed by atoms with E-state index in [9.17, 15) is 0 Å². The molecule has 74 valence electrons. The smallest absolute Gasteiger partial charge is 0.0963 e. The molecule has 13 heavy (non-hydrogen) atoms. The molecular weight excluding hydrogens is 203 g/mol. The van der Waals surface area contributed by atoms with Crippen LogP contribution in [0.15, 0.2) is 24.3 Å². The molecule has 0 fully saturated rings. The summed E-state index contributed by atoms with van der Waals surface area (Å²) >= 11 is 12.3. The fraction of sp³-hybridized carbons (Fsp3) is 0.636. The van der Waals surface area contributed by atoms with E-state index in [2.05, 4.69) is 13.0 Å². The summed E-state index contributed by atoms with van der Waals surface area (Å²) < 4.78 is -0.678. The Labute approximate surface area is 90.6 Å². The summed E-state index contributed by atoms with van der Waals surface area (Å²) in [5.74, 6) is 0.285. The Hall–Kier alpha value is 0.0600. The third-order valence-corrected chi connectivity index (χ3v) is 3.20. The van der Waals surface area contributed by atoms with E-state index < -0.39 is 4.33 Å². The zero-order valence-corrected chi connectivity index (χ0v) is 9.48. The van der Waals surface area contributed by atoms with Crippen molar-refractivity contribution in [3.63, 3.8) is 0 Å². The minimum Gasteiger partial charge on any atom is -0.0963 e. The molecule has 1 atom stereocenters. The molecule has 1 aliphatic rings. The maximum absolute atomic E-state index is 6.14. The Bertz CT molecular complexity index is 204. The molecule has 0 radical (unpaired) electrons. The van der Waals surface area contributed by atoms with Gasteiger partial charge in [-0.05, 0) is 12.5 Å². The molecule has 0 bridgehead atoms. The highest BCUT2D eigenvalue weighted by atomic mass is 35.5.